The van der Waals surface area contributed by atoms with Gasteiger partial charge in [-0.25, -0.2) is 9.59 Å². The number of nitrogens with zero attached hydrogens (tertiary/aromatic N) is 3. The van der Waals surface area contributed by atoms with Crippen LogP contribution in [-0.4, -0.2) is 235 Å². The number of esters is 2. The molecule has 0 radical (unpaired) electrons. The first-order chi connectivity index (χ1) is 57.0. The Morgan fingerprint density at radius 3 is 1.47 bits per heavy atom. The van der Waals surface area contributed by atoms with Gasteiger partial charge in [0.25, 0.3) is 17.7 Å². The van der Waals surface area contributed by atoms with E-state index < -0.39 is 99.4 Å². The first kappa shape index (κ1) is 88.1. The molecule has 0 saturated carbocycles. The van der Waals surface area contributed by atoms with Crippen molar-refractivity contribution in [2.24, 2.45) is 0 Å². The quantitative estimate of drug-likeness (QED) is 0.00895. The molecule has 2 unspecified atom stereocenters. The fourth-order valence-electron chi connectivity index (χ4n) is 14.1. The third-order valence-corrected chi connectivity index (χ3v) is 22.4. The second-order valence-electron chi connectivity index (χ2n) is 29.9. The van der Waals surface area contributed by atoms with Crippen LogP contribution >= 0.6 is 0 Å². The van der Waals surface area contributed by atoms with Gasteiger partial charge < -0.3 is 118 Å². The second-order valence-corrected chi connectivity index (χ2v) is 35.5. The van der Waals surface area contributed by atoms with E-state index in [4.69, 9.17) is 74.4 Å². The van der Waals surface area contributed by atoms with Gasteiger partial charge in [0.15, 0.2) is 12.2 Å². The van der Waals surface area contributed by atoms with Gasteiger partial charge >= 0.3 is 23.9 Å². The van der Waals surface area contributed by atoms with Crippen LogP contribution in [0.25, 0.3) is 11.1 Å². The van der Waals surface area contributed by atoms with Crippen LogP contribution in [-0.2, 0) is 73.7 Å². The van der Waals surface area contributed by atoms with Crippen LogP contribution in [0.15, 0.2) is 122 Å². The Kier molecular flexibility index (Phi) is 29.4. The Hall–Kier alpha value is -11.7. The van der Waals surface area contributed by atoms with Crippen LogP contribution in [0.1, 0.15) is 92.6 Å². The van der Waals surface area contributed by atoms with E-state index in [9.17, 15) is 74.4 Å². The van der Waals surface area contributed by atoms with E-state index in [1.165, 1.54) is 60.4 Å². The fourth-order valence-corrected chi connectivity index (χ4v) is 14.9. The number of amides is 3. The second kappa shape index (κ2) is 39.7. The van der Waals surface area contributed by atoms with Gasteiger partial charge in [-0.05, 0) is 144 Å². The van der Waals surface area contributed by atoms with Crippen LogP contribution in [0.5, 0.6) is 46.0 Å². The highest BCUT2D eigenvalue weighted by molar-refractivity contribution is 6.76. The van der Waals surface area contributed by atoms with Gasteiger partial charge in [0.1, 0.15) is 122 Å². The molecule has 3 amide bonds. The van der Waals surface area contributed by atoms with E-state index in [1.807, 2.05) is 60.8 Å². The smallest absolute Gasteiger partial charge is 0.335 e. The molecule has 0 spiro atoms. The summed E-state index contributed by atoms with van der Waals surface area (Å²) in [4.78, 5) is 96.2. The average molecular weight is 1660 g/mol. The lowest BCUT2D eigenvalue weighted by Crippen LogP contribution is -2.61. The van der Waals surface area contributed by atoms with Gasteiger partial charge in [0.05, 0.1) is 51.3 Å². The Morgan fingerprint density at radius 1 is 0.538 bits per heavy atom. The molecule has 12 rings (SSSR count). The highest BCUT2D eigenvalue weighted by atomic mass is 28.3. The van der Waals surface area contributed by atoms with Gasteiger partial charge in [-0.2, -0.15) is 0 Å². The number of carbonyl (C=O) groups is 7. The van der Waals surface area contributed by atoms with Gasteiger partial charge in [-0.15, -0.1) is 12.8 Å². The van der Waals surface area contributed by atoms with Crippen molar-refractivity contribution in [2.75, 3.05) is 71.8 Å². The zero-order valence-electron chi connectivity index (χ0n) is 66.5. The summed E-state index contributed by atoms with van der Waals surface area (Å²) >= 11 is 0. The molecule has 12 atom stereocenters. The number of carboxylic acid groups (broad SMARTS) is 2. The van der Waals surface area contributed by atoms with Gasteiger partial charge in [-0.1, -0.05) is 55.7 Å². The summed E-state index contributed by atoms with van der Waals surface area (Å²) in [5.74, 6) is 2.63. The summed E-state index contributed by atoms with van der Waals surface area (Å²) in [6.07, 6.45) is -0.951. The largest absolute Gasteiger partial charge is 0.497 e. The minimum atomic E-state index is -1.89. The average Bonchev–Trinajstić information content (AvgIpc) is 1.61. The number of rotatable bonds is 33. The molecule has 0 aliphatic carbocycles. The lowest BCUT2D eigenvalue weighted by molar-refractivity contribution is -0.271. The minimum absolute atomic E-state index is 0.00598. The van der Waals surface area contributed by atoms with E-state index in [-0.39, 0.29) is 98.3 Å². The maximum atomic E-state index is 14.5. The molecule has 9 N–H and O–H groups in total. The predicted molar refractivity (Wildman–Crippen MR) is 429 cm³/mol. The van der Waals surface area contributed by atoms with Crippen molar-refractivity contribution in [3.63, 3.8) is 0 Å². The number of benzene rings is 6. The van der Waals surface area contributed by atoms with Crippen molar-refractivity contribution in [1.29, 1.82) is 0 Å². The van der Waals surface area contributed by atoms with Crippen LogP contribution in [0.4, 0.5) is 11.4 Å². The van der Waals surface area contributed by atoms with Gasteiger partial charge in [-0.3, -0.25) is 28.9 Å². The number of aryl methyl sites for hydroxylation is 2. The molecular weight excluding hydrogens is 1570 g/mol. The molecule has 32 nitrogen and oxygen atoms in total. The molecule has 6 aromatic rings. The van der Waals surface area contributed by atoms with Crippen molar-refractivity contribution in [3.05, 3.63) is 166 Å². The first-order valence-corrected chi connectivity index (χ1v) is 42.0. The summed E-state index contributed by atoms with van der Waals surface area (Å²) in [6, 6.07) is 30.9. The fraction of sp³-hybridized carbons (Fsp3) is 0.407. The maximum absolute atomic E-state index is 14.5. The first-order valence-electron chi connectivity index (χ1n) is 38.3. The molecule has 6 aliphatic heterocycles. The Labute approximate surface area is 687 Å². The molecule has 6 heterocycles. The number of terminal acetylenes is 2. The Balaban J connectivity index is 0.000000236. The van der Waals surface area contributed by atoms with E-state index >= 15 is 0 Å². The highest BCUT2D eigenvalue weighted by Gasteiger charge is 2.50. The standard InChI is InChI=1S/C46H54N2O15Si.C40H42N2O13/c1-7-17-60-37-22-32(62-46-41(52)39(50)40(51)42(63-46)45(55)56)16-13-29(37)25-61-38(49)10-8-9-28-20-34-33(23-36(28)58-3)43(53)47-24-30(27-11-14-31(57-2)15-12-27)21-35(47)44(54)48(34)26-59-18-19-64(4,5)6;1-4-14-52-32-17-28(54-40-36(46)34(44)35(45)37(55-40)39(48)49)13-10-24(32)21-53-33(43)7-5-6-23-16-30-29(18-31(23)51-3)38(47)42-20-25(15-26(42)19-41-30)22-8-11-27(50-2)12-9-22/h1,11-16,20,22-24,35,39-42,46,50-52H,8-10,17-19,21,25-26H2,2-6H3,(H,55,56);1,8-13,16-18,20,26,34-37,40-41,44-46H,5-7,14-15,19,21H2,2-3H3,(H,48,49)/t35?,39-,40-,41+,42-,46+;26?,34-,35-,36+,37-,40+/m00/s1. The molecular formula is C86H96N4O28Si. The molecule has 6 aliphatic rings. The van der Waals surface area contributed by atoms with Crippen LogP contribution < -0.4 is 48.1 Å². The van der Waals surface area contributed by atoms with Crippen molar-refractivity contribution in [3.8, 4) is 70.7 Å². The lowest BCUT2D eigenvalue weighted by atomic mass is 9.99. The number of carbonyl (C=O) groups excluding carboxylic acids is 5. The summed E-state index contributed by atoms with van der Waals surface area (Å²) in [5.41, 5.74) is 8.01. The van der Waals surface area contributed by atoms with E-state index in [1.54, 1.807) is 43.5 Å². The summed E-state index contributed by atoms with van der Waals surface area (Å²) in [7, 11) is 4.78. The third kappa shape index (κ3) is 21.2. The number of hydrogen-bond acceptors (Lipinski definition) is 27. The van der Waals surface area contributed by atoms with E-state index in [0.717, 1.165) is 39.6 Å². The monoisotopic (exact) mass is 1660 g/mol. The molecule has 33 heteroatoms. The van der Waals surface area contributed by atoms with Crippen molar-refractivity contribution in [1.82, 2.24) is 9.80 Å². The van der Waals surface area contributed by atoms with Crippen molar-refractivity contribution < 1.29 is 136 Å². The number of hydrogen-bond donors (Lipinski definition) is 9. The number of fused-ring (bicyclic) bond motifs is 4. The van der Waals surface area contributed by atoms with Crippen molar-refractivity contribution in [2.45, 2.75) is 164 Å². The summed E-state index contributed by atoms with van der Waals surface area (Å²) in [6.45, 7) is 6.98. The number of anilines is 2. The van der Waals surface area contributed by atoms with Crippen molar-refractivity contribution >= 4 is 72.2 Å². The number of aliphatic hydroxyl groups is 6. The topological polar surface area (TPSA) is 423 Å². The maximum Gasteiger partial charge on any atom is 0.335 e. The van der Waals surface area contributed by atoms with Gasteiger partial charge in [0, 0.05) is 81.8 Å². The summed E-state index contributed by atoms with van der Waals surface area (Å²) < 4.78 is 72.1. The number of aliphatic carboxylic acids is 2. The molecule has 2 saturated heterocycles. The number of methoxy groups -OCH3 is 4. The Bertz CT molecular complexity index is 4840. The minimum Gasteiger partial charge on any atom is -0.497 e. The molecule has 0 aromatic heterocycles. The lowest BCUT2D eigenvalue weighted by Gasteiger charge is -2.38. The van der Waals surface area contributed by atoms with Crippen LogP contribution in [0.3, 0.4) is 0 Å². The number of aliphatic hydroxyl groups excluding tert-OH is 6. The van der Waals surface area contributed by atoms with Crippen LogP contribution in [0, 0.1) is 24.7 Å². The molecule has 6 aromatic carbocycles. The molecule has 119 heavy (non-hydrogen) atoms. The SMILES string of the molecule is C#CCOc1cc(O[C@@H]2O[C@H](C(=O)O)[C@@H](O)[C@H](O)[C@H]2O)ccc1COC(=O)CCCc1cc2c(cc1OC)C(=O)N1C=C(c3ccc(OC)cc3)CC1C(=O)N2COCC[Si](C)(C)C.C#CCOc1cc(O[C@@H]2O[C@H](C(=O)O)[C@@H](O)[C@H](O)[C@H]2O)ccc1COC(=O)CCCc1cc2c(cc1OC)C(=O)N1C=C(c3ccc(OC)cc3)CC1CN2. The summed E-state index contributed by atoms with van der Waals surface area (Å²) in [5, 5.41) is 83.0. The number of nitrogens with one attached hydrogen (secondary N) is 1. The Morgan fingerprint density at radius 2 is 1.00 bits per heavy atom. The van der Waals surface area contributed by atoms with E-state index in [0.29, 0.717) is 103 Å². The van der Waals surface area contributed by atoms with Gasteiger partial charge in [0.2, 0.25) is 12.6 Å². The molecule has 2 fully saturated rings. The van der Waals surface area contributed by atoms with Crippen LogP contribution in [0.2, 0.25) is 25.7 Å². The van der Waals surface area contributed by atoms with E-state index in [2.05, 4.69) is 36.8 Å². The molecule has 0 bridgehead atoms. The predicted octanol–water partition coefficient (Wildman–Crippen LogP) is 6.70. The highest BCUT2D eigenvalue weighted by Crippen LogP contribution is 2.43. The zero-order chi connectivity index (χ0) is 85.5. The normalized spacial score (nSPS) is 22.3. The third-order valence-electron chi connectivity index (χ3n) is 20.7. The number of ether oxygens (including phenoxy) is 13. The molecule has 632 valence electrons. The zero-order valence-corrected chi connectivity index (χ0v) is 67.5. The number of carboxylic acids is 2.